The highest BCUT2D eigenvalue weighted by Gasteiger charge is 2.47. The van der Waals surface area contributed by atoms with E-state index in [-0.39, 0.29) is 17.8 Å². The van der Waals surface area contributed by atoms with Crippen LogP contribution in [0.4, 0.5) is 0 Å². The van der Waals surface area contributed by atoms with Crippen LogP contribution in [0.15, 0.2) is 40.5 Å². The van der Waals surface area contributed by atoms with Crippen LogP contribution in [-0.2, 0) is 19.1 Å². The zero-order valence-corrected chi connectivity index (χ0v) is 17.2. The summed E-state index contributed by atoms with van der Waals surface area (Å²) >= 11 is 1.44. The first-order valence-corrected chi connectivity index (χ1v) is 9.99. The monoisotopic (exact) mass is 404 g/mol. The van der Waals surface area contributed by atoms with Gasteiger partial charge in [-0.1, -0.05) is 30.8 Å². The van der Waals surface area contributed by atoms with Crippen molar-refractivity contribution in [2.75, 3.05) is 27.4 Å². The van der Waals surface area contributed by atoms with E-state index in [0.29, 0.717) is 35.2 Å². The molecule has 0 radical (unpaired) electrons. The van der Waals surface area contributed by atoms with E-state index in [0.717, 1.165) is 5.56 Å². The zero-order chi connectivity index (χ0) is 20.3. The Balaban J connectivity index is 2.03. The summed E-state index contributed by atoms with van der Waals surface area (Å²) in [5, 5.41) is 0.430. The second-order valence-corrected chi connectivity index (χ2v) is 7.59. The van der Waals surface area contributed by atoms with Gasteiger partial charge in [-0.2, -0.15) is 0 Å². The number of thioether (sulfide) groups is 1. The average molecular weight is 404 g/mol. The van der Waals surface area contributed by atoms with E-state index < -0.39 is 12.0 Å². The van der Waals surface area contributed by atoms with Crippen molar-refractivity contribution in [2.45, 2.75) is 31.6 Å². The van der Waals surface area contributed by atoms with Gasteiger partial charge >= 0.3 is 5.97 Å². The summed E-state index contributed by atoms with van der Waals surface area (Å²) in [6.07, 6.45) is 0.695. The number of amides is 1. The molecule has 2 aliphatic heterocycles. The second kappa shape index (κ2) is 8.79. The minimum absolute atomic E-state index is 0.0400. The molecular formula is C20H24N2O5S. The highest BCUT2D eigenvalue weighted by Crippen LogP contribution is 2.44. The zero-order valence-electron chi connectivity index (χ0n) is 16.4. The molecule has 8 heteroatoms. The minimum atomic E-state index is -0.579. The van der Waals surface area contributed by atoms with Gasteiger partial charge in [-0.05, 0) is 31.0 Å². The van der Waals surface area contributed by atoms with Crippen LogP contribution in [-0.4, -0.2) is 54.6 Å². The molecule has 1 aromatic carbocycles. The molecule has 0 bridgehead atoms. The fourth-order valence-corrected chi connectivity index (χ4v) is 4.38. The predicted molar refractivity (Wildman–Crippen MR) is 107 cm³/mol. The molecule has 1 amide bonds. The third-order valence-electron chi connectivity index (χ3n) is 4.69. The molecule has 1 fully saturated rings. The Hall–Kier alpha value is -2.32. The normalized spacial score (nSPS) is 21.5. The third-order valence-corrected chi connectivity index (χ3v) is 6.01. The second-order valence-electron chi connectivity index (χ2n) is 6.42. The van der Waals surface area contributed by atoms with Crippen molar-refractivity contribution in [3.8, 4) is 5.75 Å². The van der Waals surface area contributed by atoms with Gasteiger partial charge in [-0.3, -0.25) is 9.69 Å². The van der Waals surface area contributed by atoms with Crippen LogP contribution in [0.3, 0.4) is 0 Å². The molecule has 2 aliphatic rings. The number of methoxy groups -OCH3 is 2. The van der Waals surface area contributed by atoms with Crippen LogP contribution in [0.1, 0.15) is 31.9 Å². The summed E-state index contributed by atoms with van der Waals surface area (Å²) < 4.78 is 15.6. The van der Waals surface area contributed by atoms with Gasteiger partial charge in [0.2, 0.25) is 5.91 Å². The van der Waals surface area contributed by atoms with Gasteiger partial charge in [-0.15, -0.1) is 0 Å². The van der Waals surface area contributed by atoms with Gasteiger partial charge in [0.1, 0.15) is 12.4 Å². The third kappa shape index (κ3) is 3.79. The number of amidine groups is 1. The van der Waals surface area contributed by atoms with Crippen molar-refractivity contribution in [1.82, 2.24) is 4.90 Å². The standard InChI is InChI=1S/C20H24N2O5S/c1-5-15-18(23)22-17(13-6-8-14(26-4)9-7-13)16(12(2)21-20(22)28-15)19(24)27-11-10-25-3/h6-9,15,17H,5,10-11H2,1-4H3. The summed E-state index contributed by atoms with van der Waals surface area (Å²) in [5.41, 5.74) is 1.74. The Kier molecular flexibility index (Phi) is 6.41. The summed E-state index contributed by atoms with van der Waals surface area (Å²) in [7, 11) is 3.14. The van der Waals surface area contributed by atoms with Crippen molar-refractivity contribution >= 4 is 28.8 Å². The maximum absolute atomic E-state index is 13.0. The first kappa shape index (κ1) is 20.4. The van der Waals surface area contributed by atoms with Crippen molar-refractivity contribution in [3.05, 3.63) is 41.1 Å². The molecule has 150 valence electrons. The average Bonchev–Trinajstić information content (AvgIpc) is 3.02. The number of fused-ring (bicyclic) bond motifs is 1. The number of carbonyl (C=O) groups excluding carboxylic acids is 2. The molecule has 1 saturated heterocycles. The SMILES string of the molecule is CCC1SC2=NC(C)=C(C(=O)OCCOC)C(c3ccc(OC)cc3)N2C1=O. The largest absolute Gasteiger partial charge is 0.497 e. The Morgan fingerprint density at radius 3 is 2.54 bits per heavy atom. The molecule has 7 nitrogen and oxygen atoms in total. The van der Waals surface area contributed by atoms with Crippen LogP contribution < -0.4 is 4.74 Å². The Morgan fingerprint density at radius 1 is 1.21 bits per heavy atom. The number of allylic oxidation sites excluding steroid dienone is 1. The molecule has 0 aliphatic carbocycles. The molecule has 2 atom stereocenters. The summed E-state index contributed by atoms with van der Waals surface area (Å²) in [4.78, 5) is 32.0. The Labute approximate surface area is 168 Å². The van der Waals surface area contributed by atoms with E-state index in [9.17, 15) is 9.59 Å². The molecule has 1 aromatic rings. The first-order chi connectivity index (χ1) is 13.5. The van der Waals surface area contributed by atoms with Gasteiger partial charge < -0.3 is 14.2 Å². The van der Waals surface area contributed by atoms with Gasteiger partial charge in [0.25, 0.3) is 0 Å². The lowest BCUT2D eigenvalue weighted by atomic mass is 9.94. The van der Waals surface area contributed by atoms with Crippen LogP contribution in [0, 0.1) is 0 Å². The molecule has 2 heterocycles. The number of hydrogen-bond donors (Lipinski definition) is 0. The van der Waals surface area contributed by atoms with E-state index in [1.165, 1.54) is 11.8 Å². The lowest BCUT2D eigenvalue weighted by Gasteiger charge is -2.33. The summed E-state index contributed by atoms with van der Waals surface area (Å²) in [6, 6.07) is 6.77. The number of esters is 1. The molecule has 0 spiro atoms. The van der Waals surface area contributed by atoms with Crippen LogP contribution >= 0.6 is 11.8 Å². The van der Waals surface area contributed by atoms with E-state index in [1.54, 1.807) is 26.0 Å². The maximum atomic E-state index is 13.0. The molecule has 0 aromatic heterocycles. The fraction of sp³-hybridized carbons (Fsp3) is 0.450. The van der Waals surface area contributed by atoms with E-state index in [4.69, 9.17) is 14.2 Å². The van der Waals surface area contributed by atoms with Crippen LogP contribution in [0.5, 0.6) is 5.75 Å². The van der Waals surface area contributed by atoms with Crippen molar-refractivity contribution in [2.24, 2.45) is 4.99 Å². The van der Waals surface area contributed by atoms with E-state index in [1.807, 2.05) is 31.2 Å². The van der Waals surface area contributed by atoms with E-state index in [2.05, 4.69) is 4.99 Å². The first-order valence-electron chi connectivity index (χ1n) is 9.11. The molecule has 2 unspecified atom stereocenters. The predicted octanol–water partition coefficient (Wildman–Crippen LogP) is 2.92. The van der Waals surface area contributed by atoms with Gasteiger partial charge in [0, 0.05) is 7.11 Å². The Morgan fingerprint density at radius 2 is 1.93 bits per heavy atom. The fourth-order valence-electron chi connectivity index (χ4n) is 3.25. The van der Waals surface area contributed by atoms with Gasteiger partial charge in [0.05, 0.1) is 36.3 Å². The highest BCUT2D eigenvalue weighted by atomic mass is 32.2. The quantitative estimate of drug-likeness (QED) is 0.514. The van der Waals surface area contributed by atoms with Crippen LogP contribution in [0.25, 0.3) is 0 Å². The number of nitrogens with zero attached hydrogens (tertiary/aromatic N) is 2. The maximum Gasteiger partial charge on any atom is 0.338 e. The van der Waals surface area contributed by atoms with E-state index >= 15 is 0 Å². The summed E-state index contributed by atoms with van der Waals surface area (Å²) in [6.45, 7) is 4.18. The topological polar surface area (TPSA) is 77.4 Å². The molecule has 0 saturated carbocycles. The lowest BCUT2D eigenvalue weighted by molar-refractivity contribution is -0.141. The molecule has 28 heavy (non-hydrogen) atoms. The van der Waals surface area contributed by atoms with Crippen molar-refractivity contribution < 1.29 is 23.8 Å². The van der Waals surface area contributed by atoms with Crippen molar-refractivity contribution in [1.29, 1.82) is 0 Å². The number of carbonyl (C=O) groups is 2. The Bertz CT molecular complexity index is 818. The number of benzene rings is 1. The highest BCUT2D eigenvalue weighted by molar-refractivity contribution is 8.15. The van der Waals surface area contributed by atoms with Gasteiger partial charge in [0.15, 0.2) is 5.17 Å². The lowest BCUT2D eigenvalue weighted by Crippen LogP contribution is -2.40. The molecular weight excluding hydrogens is 380 g/mol. The van der Waals surface area contributed by atoms with Gasteiger partial charge in [-0.25, -0.2) is 9.79 Å². The number of aliphatic imine (C=N–C) groups is 1. The number of hydrogen-bond acceptors (Lipinski definition) is 7. The minimum Gasteiger partial charge on any atom is -0.497 e. The van der Waals surface area contributed by atoms with Crippen LogP contribution in [0.2, 0.25) is 0 Å². The number of ether oxygens (including phenoxy) is 3. The molecule has 0 N–H and O–H groups in total. The number of rotatable bonds is 7. The molecule has 3 rings (SSSR count). The smallest absolute Gasteiger partial charge is 0.338 e. The summed E-state index contributed by atoms with van der Waals surface area (Å²) in [5.74, 6) is 0.171. The van der Waals surface area contributed by atoms with Crippen molar-refractivity contribution in [3.63, 3.8) is 0 Å².